The van der Waals surface area contributed by atoms with Gasteiger partial charge in [-0.3, -0.25) is 9.59 Å². The van der Waals surface area contributed by atoms with Gasteiger partial charge in [0.25, 0.3) is 5.91 Å². The van der Waals surface area contributed by atoms with Crippen molar-refractivity contribution in [1.82, 2.24) is 4.90 Å². The second-order valence-corrected chi connectivity index (χ2v) is 2.98. The lowest BCUT2D eigenvalue weighted by Gasteiger charge is -2.14. The summed E-state index contributed by atoms with van der Waals surface area (Å²) in [5.41, 5.74) is 0.418. The Balaban J connectivity index is 2.51. The molecule has 5 nitrogen and oxygen atoms in total. The average molecular weight is 211 g/mol. The molecule has 0 saturated heterocycles. The van der Waals surface area contributed by atoms with Crippen molar-refractivity contribution in [2.45, 2.75) is 6.92 Å². The molecule has 0 radical (unpaired) electrons. The molecule has 0 N–H and O–H groups in total. The Bertz CT molecular complexity index is 331. The molecule has 15 heavy (non-hydrogen) atoms. The fourth-order valence-electron chi connectivity index (χ4n) is 1.08. The van der Waals surface area contributed by atoms with Crippen molar-refractivity contribution in [2.75, 3.05) is 20.2 Å². The topological polar surface area (TPSA) is 59.8 Å². The summed E-state index contributed by atoms with van der Waals surface area (Å²) in [6.45, 7) is 1.97. The van der Waals surface area contributed by atoms with Crippen LogP contribution < -0.4 is 0 Å². The van der Waals surface area contributed by atoms with Gasteiger partial charge < -0.3 is 14.1 Å². The molecule has 0 bridgehead atoms. The maximum absolute atomic E-state index is 11.6. The zero-order valence-corrected chi connectivity index (χ0v) is 8.73. The summed E-state index contributed by atoms with van der Waals surface area (Å²) >= 11 is 0. The molecular formula is C10H13NO4. The zero-order chi connectivity index (χ0) is 11.3. The van der Waals surface area contributed by atoms with E-state index in [2.05, 4.69) is 0 Å². The van der Waals surface area contributed by atoms with Gasteiger partial charge in [0.2, 0.25) is 0 Å². The predicted molar refractivity (Wildman–Crippen MR) is 52.3 cm³/mol. The first-order chi connectivity index (χ1) is 7.15. The standard InChI is InChI=1S/C10H13NO4/c1-3-15-9(12)6-11(2)10(13)8-4-5-14-7-8/h4-5,7H,3,6H2,1-2H3. The molecule has 0 aliphatic heterocycles. The number of carbonyl (C=O) groups excluding carboxylic acids is 2. The molecule has 0 aliphatic carbocycles. The molecule has 1 amide bonds. The maximum atomic E-state index is 11.6. The first kappa shape index (κ1) is 11.3. The molecule has 0 fully saturated rings. The van der Waals surface area contributed by atoms with Crippen LogP contribution in [0.1, 0.15) is 17.3 Å². The van der Waals surface area contributed by atoms with Crippen molar-refractivity contribution in [3.05, 3.63) is 24.2 Å². The zero-order valence-electron chi connectivity index (χ0n) is 8.73. The monoisotopic (exact) mass is 211 g/mol. The number of furan rings is 1. The highest BCUT2D eigenvalue weighted by Gasteiger charge is 2.15. The van der Waals surface area contributed by atoms with Crippen LogP contribution in [0.15, 0.2) is 23.0 Å². The quantitative estimate of drug-likeness (QED) is 0.695. The molecule has 5 heteroatoms. The molecule has 82 valence electrons. The second-order valence-electron chi connectivity index (χ2n) is 2.98. The minimum Gasteiger partial charge on any atom is -0.472 e. The van der Waals surface area contributed by atoms with Gasteiger partial charge in [0, 0.05) is 7.05 Å². The number of hydrogen-bond acceptors (Lipinski definition) is 4. The van der Waals surface area contributed by atoms with E-state index in [0.29, 0.717) is 12.2 Å². The lowest BCUT2D eigenvalue weighted by Crippen LogP contribution is -2.32. The molecule has 0 aromatic carbocycles. The Morgan fingerprint density at radius 1 is 1.53 bits per heavy atom. The van der Waals surface area contributed by atoms with Gasteiger partial charge in [-0.25, -0.2) is 0 Å². The van der Waals surface area contributed by atoms with E-state index in [-0.39, 0.29) is 12.5 Å². The van der Waals surface area contributed by atoms with Crippen molar-refractivity contribution in [1.29, 1.82) is 0 Å². The normalized spacial score (nSPS) is 9.73. The van der Waals surface area contributed by atoms with Crippen LogP contribution in [0, 0.1) is 0 Å². The van der Waals surface area contributed by atoms with Crippen LogP contribution in [-0.4, -0.2) is 37.0 Å². The van der Waals surface area contributed by atoms with Crippen molar-refractivity contribution in [2.24, 2.45) is 0 Å². The van der Waals surface area contributed by atoms with E-state index in [4.69, 9.17) is 9.15 Å². The Hall–Kier alpha value is -1.78. The number of hydrogen-bond donors (Lipinski definition) is 0. The number of ether oxygens (including phenoxy) is 1. The van der Waals surface area contributed by atoms with Gasteiger partial charge in [-0.2, -0.15) is 0 Å². The van der Waals surface area contributed by atoms with Crippen LogP contribution in [0.4, 0.5) is 0 Å². The molecule has 1 heterocycles. The Labute approximate surface area is 87.6 Å². The number of rotatable bonds is 4. The van der Waals surface area contributed by atoms with Gasteiger partial charge in [-0.05, 0) is 13.0 Å². The third-order valence-corrected chi connectivity index (χ3v) is 1.79. The third-order valence-electron chi connectivity index (χ3n) is 1.79. The second kappa shape index (κ2) is 5.19. The minimum atomic E-state index is -0.420. The maximum Gasteiger partial charge on any atom is 0.325 e. The van der Waals surface area contributed by atoms with Gasteiger partial charge in [0.1, 0.15) is 12.8 Å². The molecule has 0 atom stereocenters. The predicted octanol–water partition coefficient (Wildman–Crippen LogP) is 0.915. The average Bonchev–Trinajstić information content (AvgIpc) is 2.69. The van der Waals surface area contributed by atoms with E-state index < -0.39 is 5.97 Å². The van der Waals surface area contributed by atoms with Crippen molar-refractivity contribution in [3.63, 3.8) is 0 Å². The lowest BCUT2D eigenvalue weighted by molar-refractivity contribution is -0.143. The van der Waals surface area contributed by atoms with E-state index in [1.165, 1.54) is 24.5 Å². The smallest absolute Gasteiger partial charge is 0.325 e. The Kier molecular flexibility index (Phi) is 3.91. The first-order valence-electron chi connectivity index (χ1n) is 4.58. The van der Waals surface area contributed by atoms with E-state index >= 15 is 0 Å². The summed E-state index contributed by atoms with van der Waals surface area (Å²) in [4.78, 5) is 24.0. The molecule has 0 saturated carbocycles. The van der Waals surface area contributed by atoms with Crippen LogP contribution in [0.5, 0.6) is 0 Å². The minimum absolute atomic E-state index is 0.0577. The molecule has 0 unspecified atom stereocenters. The van der Waals surface area contributed by atoms with Gasteiger partial charge >= 0.3 is 5.97 Å². The number of amides is 1. The highest BCUT2D eigenvalue weighted by Crippen LogP contribution is 2.03. The highest BCUT2D eigenvalue weighted by molar-refractivity contribution is 5.95. The van der Waals surface area contributed by atoms with Gasteiger partial charge in [-0.15, -0.1) is 0 Å². The fraction of sp³-hybridized carbons (Fsp3) is 0.400. The van der Waals surface area contributed by atoms with E-state index in [9.17, 15) is 9.59 Å². The summed E-state index contributed by atoms with van der Waals surface area (Å²) in [6.07, 6.45) is 2.75. The number of likely N-dealkylation sites (N-methyl/N-ethyl adjacent to an activating group) is 1. The van der Waals surface area contributed by atoms with E-state index in [1.54, 1.807) is 13.0 Å². The SMILES string of the molecule is CCOC(=O)CN(C)C(=O)c1ccoc1. The number of esters is 1. The van der Waals surface area contributed by atoms with Gasteiger partial charge in [0.05, 0.1) is 18.4 Å². The Morgan fingerprint density at radius 2 is 2.27 bits per heavy atom. The van der Waals surface area contributed by atoms with Crippen molar-refractivity contribution in [3.8, 4) is 0 Å². The van der Waals surface area contributed by atoms with E-state index in [1.807, 2.05) is 0 Å². The van der Waals surface area contributed by atoms with Gasteiger partial charge in [0.15, 0.2) is 0 Å². The number of nitrogens with zero attached hydrogens (tertiary/aromatic N) is 1. The van der Waals surface area contributed by atoms with Crippen molar-refractivity contribution >= 4 is 11.9 Å². The molecule has 0 spiro atoms. The molecule has 0 aliphatic rings. The highest BCUT2D eigenvalue weighted by atomic mass is 16.5. The van der Waals surface area contributed by atoms with Crippen LogP contribution in [0.3, 0.4) is 0 Å². The van der Waals surface area contributed by atoms with Crippen LogP contribution in [0.2, 0.25) is 0 Å². The molecule has 1 aromatic heterocycles. The summed E-state index contributed by atoms with van der Waals surface area (Å²) < 4.78 is 9.50. The summed E-state index contributed by atoms with van der Waals surface area (Å²) in [6, 6.07) is 1.55. The Morgan fingerprint density at radius 3 is 2.80 bits per heavy atom. The van der Waals surface area contributed by atoms with Crippen LogP contribution in [-0.2, 0) is 9.53 Å². The fourth-order valence-corrected chi connectivity index (χ4v) is 1.08. The summed E-state index contributed by atoms with van der Waals surface area (Å²) in [5.74, 6) is -0.686. The van der Waals surface area contributed by atoms with Crippen molar-refractivity contribution < 1.29 is 18.7 Å². The van der Waals surface area contributed by atoms with E-state index in [0.717, 1.165) is 0 Å². The molecular weight excluding hydrogens is 198 g/mol. The molecule has 1 rings (SSSR count). The third kappa shape index (κ3) is 3.12. The molecule has 1 aromatic rings. The first-order valence-corrected chi connectivity index (χ1v) is 4.58. The van der Waals surface area contributed by atoms with Crippen LogP contribution in [0.25, 0.3) is 0 Å². The van der Waals surface area contributed by atoms with Crippen LogP contribution >= 0.6 is 0 Å². The lowest BCUT2D eigenvalue weighted by atomic mass is 10.3. The summed E-state index contributed by atoms with van der Waals surface area (Å²) in [5, 5.41) is 0. The number of carbonyl (C=O) groups is 2. The van der Waals surface area contributed by atoms with Gasteiger partial charge in [-0.1, -0.05) is 0 Å². The largest absolute Gasteiger partial charge is 0.472 e. The summed E-state index contributed by atoms with van der Waals surface area (Å²) in [7, 11) is 1.53.